The number of piperidine rings is 1. The van der Waals surface area contributed by atoms with Crippen LogP contribution in [0.5, 0.6) is 5.75 Å². The van der Waals surface area contributed by atoms with E-state index in [1.54, 1.807) is 30.0 Å². The number of β-amino-alcohol motifs (C(OH)–C–C–N with tert-alkyl or cyclic N) is 1. The standard InChI is InChI=1S/C15H20N2O3S/c1-15(19)7-4-8-17(10-15)13(18)9-20-12-6-3-2-5-11(12)14(16)21/h2-3,5-6,19H,4,7-10H2,1H3,(H2,16,21). The number of nitrogens with zero attached hydrogens (tertiary/aromatic N) is 1. The molecule has 1 aliphatic heterocycles. The van der Waals surface area contributed by atoms with Crippen LogP contribution in [0.2, 0.25) is 0 Å². The number of likely N-dealkylation sites (tertiary alicyclic amines) is 1. The van der Waals surface area contributed by atoms with Crippen LogP contribution in [0.25, 0.3) is 0 Å². The first-order valence-corrected chi connectivity index (χ1v) is 7.32. The summed E-state index contributed by atoms with van der Waals surface area (Å²) in [6, 6.07) is 7.10. The quantitative estimate of drug-likeness (QED) is 0.814. The van der Waals surface area contributed by atoms with Gasteiger partial charge in [0, 0.05) is 13.1 Å². The van der Waals surface area contributed by atoms with Crippen LogP contribution in [-0.2, 0) is 4.79 Å². The zero-order valence-electron chi connectivity index (χ0n) is 12.0. The Morgan fingerprint density at radius 1 is 1.52 bits per heavy atom. The van der Waals surface area contributed by atoms with Gasteiger partial charge >= 0.3 is 0 Å². The molecule has 3 N–H and O–H groups in total. The van der Waals surface area contributed by atoms with E-state index in [2.05, 4.69) is 0 Å². The Hall–Kier alpha value is -1.66. The number of benzene rings is 1. The number of aliphatic hydroxyl groups is 1. The predicted molar refractivity (Wildman–Crippen MR) is 84.3 cm³/mol. The van der Waals surface area contributed by atoms with Gasteiger partial charge < -0.3 is 20.5 Å². The molecule has 1 aliphatic rings. The van der Waals surface area contributed by atoms with Crippen molar-refractivity contribution in [2.75, 3.05) is 19.7 Å². The minimum absolute atomic E-state index is 0.0876. The van der Waals surface area contributed by atoms with Gasteiger partial charge in [0.2, 0.25) is 0 Å². The molecule has 1 saturated heterocycles. The monoisotopic (exact) mass is 308 g/mol. The van der Waals surface area contributed by atoms with E-state index >= 15 is 0 Å². The van der Waals surface area contributed by atoms with Crippen molar-refractivity contribution in [2.24, 2.45) is 5.73 Å². The molecule has 0 aromatic heterocycles. The number of carbonyl (C=O) groups is 1. The van der Waals surface area contributed by atoms with Crippen molar-refractivity contribution in [3.63, 3.8) is 0 Å². The normalized spacial score (nSPS) is 21.9. The van der Waals surface area contributed by atoms with E-state index in [1.807, 2.05) is 6.07 Å². The summed E-state index contributed by atoms with van der Waals surface area (Å²) in [6.45, 7) is 2.65. The van der Waals surface area contributed by atoms with Crippen molar-refractivity contribution < 1.29 is 14.6 Å². The fraction of sp³-hybridized carbons (Fsp3) is 0.467. The van der Waals surface area contributed by atoms with Gasteiger partial charge in [-0.05, 0) is 31.9 Å². The molecule has 1 aromatic rings. The van der Waals surface area contributed by atoms with Crippen LogP contribution in [0.4, 0.5) is 0 Å². The lowest BCUT2D eigenvalue weighted by Gasteiger charge is -2.36. The van der Waals surface area contributed by atoms with Crippen LogP contribution in [0.1, 0.15) is 25.3 Å². The second-order valence-electron chi connectivity index (χ2n) is 5.56. The Balaban J connectivity index is 1.97. The number of para-hydroxylation sites is 1. The zero-order valence-corrected chi connectivity index (χ0v) is 12.9. The zero-order chi connectivity index (χ0) is 15.5. The van der Waals surface area contributed by atoms with E-state index in [4.69, 9.17) is 22.7 Å². The van der Waals surface area contributed by atoms with Crippen molar-refractivity contribution >= 4 is 23.1 Å². The topological polar surface area (TPSA) is 75.8 Å². The number of hydrogen-bond donors (Lipinski definition) is 2. The van der Waals surface area contributed by atoms with Crippen LogP contribution in [0.3, 0.4) is 0 Å². The number of amides is 1. The number of carbonyl (C=O) groups excluding carboxylic acids is 1. The Kier molecular flexibility index (Phi) is 4.80. The Bertz CT molecular complexity index is 545. The summed E-state index contributed by atoms with van der Waals surface area (Å²) < 4.78 is 5.54. The molecule has 2 rings (SSSR count). The van der Waals surface area contributed by atoms with Crippen LogP contribution in [0, 0.1) is 0 Å². The van der Waals surface area contributed by atoms with E-state index in [9.17, 15) is 9.90 Å². The summed E-state index contributed by atoms with van der Waals surface area (Å²) >= 11 is 4.95. The highest BCUT2D eigenvalue weighted by Crippen LogP contribution is 2.21. The Morgan fingerprint density at radius 3 is 2.90 bits per heavy atom. The Morgan fingerprint density at radius 2 is 2.24 bits per heavy atom. The lowest BCUT2D eigenvalue weighted by Crippen LogP contribution is -2.49. The van der Waals surface area contributed by atoms with Gasteiger partial charge in [0.05, 0.1) is 11.2 Å². The summed E-state index contributed by atoms with van der Waals surface area (Å²) in [4.78, 5) is 14.0. The molecular formula is C15H20N2O3S. The minimum Gasteiger partial charge on any atom is -0.483 e. The maximum Gasteiger partial charge on any atom is 0.260 e. The molecule has 114 valence electrons. The van der Waals surface area contributed by atoms with Gasteiger partial charge in [0.15, 0.2) is 6.61 Å². The fourth-order valence-corrected chi connectivity index (χ4v) is 2.63. The second kappa shape index (κ2) is 6.41. The average molecular weight is 308 g/mol. The number of nitrogens with two attached hydrogens (primary N) is 1. The van der Waals surface area contributed by atoms with Gasteiger partial charge in [-0.15, -0.1) is 0 Å². The van der Waals surface area contributed by atoms with Crippen molar-refractivity contribution in [1.29, 1.82) is 0 Å². The van der Waals surface area contributed by atoms with Crippen LogP contribution < -0.4 is 10.5 Å². The smallest absolute Gasteiger partial charge is 0.260 e. The maximum absolute atomic E-state index is 12.2. The summed E-state index contributed by atoms with van der Waals surface area (Å²) in [6.07, 6.45) is 1.50. The minimum atomic E-state index is -0.815. The highest BCUT2D eigenvalue weighted by Gasteiger charge is 2.31. The summed E-state index contributed by atoms with van der Waals surface area (Å²) in [7, 11) is 0. The molecule has 1 fully saturated rings. The molecule has 1 heterocycles. The molecule has 5 nitrogen and oxygen atoms in total. The maximum atomic E-state index is 12.2. The van der Waals surface area contributed by atoms with Gasteiger partial charge in [0.25, 0.3) is 5.91 Å². The fourth-order valence-electron chi connectivity index (χ4n) is 2.46. The molecule has 0 saturated carbocycles. The van der Waals surface area contributed by atoms with Crippen molar-refractivity contribution in [1.82, 2.24) is 4.90 Å². The molecule has 0 bridgehead atoms. The van der Waals surface area contributed by atoms with Gasteiger partial charge in [0.1, 0.15) is 10.7 Å². The van der Waals surface area contributed by atoms with Crippen molar-refractivity contribution in [3.05, 3.63) is 29.8 Å². The first-order chi connectivity index (χ1) is 9.89. The summed E-state index contributed by atoms with van der Waals surface area (Å²) in [5.41, 5.74) is 5.42. The van der Waals surface area contributed by atoms with Gasteiger partial charge in [-0.3, -0.25) is 4.79 Å². The molecule has 21 heavy (non-hydrogen) atoms. The highest BCUT2D eigenvalue weighted by molar-refractivity contribution is 7.80. The van der Waals surface area contributed by atoms with Crippen molar-refractivity contribution in [2.45, 2.75) is 25.4 Å². The number of hydrogen-bond acceptors (Lipinski definition) is 4. The third-order valence-corrected chi connectivity index (χ3v) is 3.75. The SMILES string of the molecule is CC1(O)CCCN(C(=O)COc2ccccc2C(N)=S)C1. The average Bonchev–Trinajstić information content (AvgIpc) is 2.43. The number of ether oxygens (including phenoxy) is 1. The first kappa shape index (κ1) is 15.7. The van der Waals surface area contributed by atoms with Gasteiger partial charge in [-0.25, -0.2) is 0 Å². The lowest BCUT2D eigenvalue weighted by molar-refractivity contribution is -0.139. The van der Waals surface area contributed by atoms with Crippen LogP contribution in [-0.4, -0.2) is 46.2 Å². The van der Waals surface area contributed by atoms with Crippen LogP contribution >= 0.6 is 12.2 Å². The molecule has 1 aromatic carbocycles. The number of rotatable bonds is 4. The van der Waals surface area contributed by atoms with Gasteiger partial charge in [-0.1, -0.05) is 24.4 Å². The summed E-state index contributed by atoms with van der Waals surface area (Å²) in [5.74, 6) is 0.356. The predicted octanol–water partition coefficient (Wildman–Crippen LogP) is 1.07. The first-order valence-electron chi connectivity index (χ1n) is 6.91. The van der Waals surface area contributed by atoms with Gasteiger partial charge in [-0.2, -0.15) is 0 Å². The molecule has 0 radical (unpaired) electrons. The third kappa shape index (κ3) is 4.15. The lowest BCUT2D eigenvalue weighted by atomic mass is 9.95. The molecular weight excluding hydrogens is 288 g/mol. The molecule has 0 spiro atoms. The third-order valence-electron chi connectivity index (χ3n) is 3.53. The Labute approximate surface area is 129 Å². The van der Waals surface area contributed by atoms with Crippen molar-refractivity contribution in [3.8, 4) is 5.75 Å². The number of thiocarbonyl (C=S) groups is 1. The van der Waals surface area contributed by atoms with Crippen LogP contribution in [0.15, 0.2) is 24.3 Å². The summed E-state index contributed by atoms with van der Waals surface area (Å²) in [5, 5.41) is 10.0. The van der Waals surface area contributed by atoms with E-state index in [1.165, 1.54) is 0 Å². The van der Waals surface area contributed by atoms with E-state index in [0.717, 1.165) is 6.42 Å². The highest BCUT2D eigenvalue weighted by atomic mass is 32.1. The molecule has 1 atom stereocenters. The molecule has 1 unspecified atom stereocenters. The molecule has 6 heteroatoms. The van der Waals surface area contributed by atoms with E-state index < -0.39 is 5.60 Å². The van der Waals surface area contributed by atoms with E-state index in [0.29, 0.717) is 30.8 Å². The second-order valence-corrected chi connectivity index (χ2v) is 6.00. The van der Waals surface area contributed by atoms with E-state index in [-0.39, 0.29) is 17.5 Å². The molecule has 0 aliphatic carbocycles. The molecule has 1 amide bonds. The largest absolute Gasteiger partial charge is 0.483 e.